The van der Waals surface area contributed by atoms with E-state index in [0.717, 1.165) is 24.3 Å². The highest BCUT2D eigenvalue weighted by Crippen LogP contribution is 2.29. The topological polar surface area (TPSA) is 66.8 Å². The first-order valence-electron chi connectivity index (χ1n) is 6.05. The Bertz CT molecular complexity index is 404. The van der Waals surface area contributed by atoms with Crippen LogP contribution in [0.2, 0.25) is 0 Å². The zero-order chi connectivity index (χ0) is 17.8. The maximum atomic E-state index is 12.0. The third kappa shape index (κ3) is 6.96. The van der Waals surface area contributed by atoms with Crippen molar-refractivity contribution >= 4 is 11.9 Å². The molecule has 0 aromatic heterocycles. The highest BCUT2D eigenvalue weighted by Gasteiger charge is 2.45. The van der Waals surface area contributed by atoms with Crippen LogP contribution >= 0.6 is 0 Å². The fraction of sp³-hybridized carbons (Fsp3) is 0.818. The van der Waals surface area contributed by atoms with Crippen LogP contribution in [0.4, 0.5) is 26.3 Å². The molecule has 0 aliphatic carbocycles. The number of alkyl halides is 6. The number of carboxylic acids is 1. The molecule has 1 heterocycles. The third-order valence-corrected chi connectivity index (χ3v) is 2.74. The van der Waals surface area contributed by atoms with E-state index < -0.39 is 29.8 Å². The summed E-state index contributed by atoms with van der Waals surface area (Å²) in [7, 11) is 0. The van der Waals surface area contributed by atoms with Gasteiger partial charge in [0.25, 0.3) is 0 Å². The largest absolute Gasteiger partial charge is 0.492 e. The molecule has 0 amide bonds. The molecule has 1 aliphatic heterocycles. The van der Waals surface area contributed by atoms with Gasteiger partial charge in [0, 0.05) is 6.54 Å². The summed E-state index contributed by atoms with van der Waals surface area (Å²) in [6.45, 7) is 3.88. The van der Waals surface area contributed by atoms with Crippen molar-refractivity contribution in [1.29, 1.82) is 0 Å². The molecule has 1 N–H and O–H groups in total. The monoisotopic (exact) mass is 339 g/mol. The van der Waals surface area contributed by atoms with E-state index in [4.69, 9.17) is 9.90 Å². The van der Waals surface area contributed by atoms with Gasteiger partial charge >= 0.3 is 24.3 Å². The molecule has 0 saturated carbocycles. The normalized spacial score (nSPS) is 18.9. The molecule has 0 aromatic carbocycles. The molecule has 1 rings (SSSR count). The molecule has 0 spiro atoms. The Balaban J connectivity index is 0.000000534. The highest BCUT2D eigenvalue weighted by molar-refractivity contribution is 5.75. The molecule has 1 aliphatic rings. The van der Waals surface area contributed by atoms with Crippen molar-refractivity contribution in [1.82, 2.24) is 5.06 Å². The van der Waals surface area contributed by atoms with E-state index in [1.54, 1.807) is 13.8 Å². The van der Waals surface area contributed by atoms with Crippen molar-refractivity contribution < 1.29 is 45.9 Å². The maximum Gasteiger partial charge on any atom is 0.492 e. The van der Waals surface area contributed by atoms with E-state index in [1.165, 1.54) is 0 Å². The number of nitrogens with zero attached hydrogens (tertiary/aromatic N) is 1. The van der Waals surface area contributed by atoms with Gasteiger partial charge in [0.1, 0.15) is 0 Å². The highest BCUT2D eigenvalue weighted by atomic mass is 19.4. The standard InChI is InChI=1S/C9H14F3NO2.C2HF3O2/c1-8(2)5-3-4-6-13(8)15-7(14)9(10,11)12;3-2(4,5)1(6)7/h3-6H2,1-2H3;(H,6,7). The number of piperidine rings is 1. The van der Waals surface area contributed by atoms with Crippen molar-refractivity contribution in [2.45, 2.75) is 51.0 Å². The van der Waals surface area contributed by atoms with Crippen LogP contribution in [0.25, 0.3) is 0 Å². The Kier molecular flexibility index (Phi) is 6.67. The fourth-order valence-corrected chi connectivity index (χ4v) is 1.56. The molecule has 1 fully saturated rings. The smallest absolute Gasteiger partial charge is 0.475 e. The molecular weight excluding hydrogens is 324 g/mol. The number of hydroxylamine groups is 2. The number of carboxylic acid groups (broad SMARTS) is 1. The third-order valence-electron chi connectivity index (χ3n) is 2.74. The predicted molar refractivity (Wildman–Crippen MR) is 60.5 cm³/mol. The zero-order valence-electron chi connectivity index (χ0n) is 11.7. The summed E-state index contributed by atoms with van der Waals surface area (Å²) in [5.41, 5.74) is -0.515. The van der Waals surface area contributed by atoms with E-state index in [0.29, 0.717) is 6.54 Å². The first-order chi connectivity index (χ1) is 9.68. The van der Waals surface area contributed by atoms with Crippen LogP contribution in [0.1, 0.15) is 33.1 Å². The summed E-state index contributed by atoms with van der Waals surface area (Å²) in [6.07, 6.45) is -7.60. The quantitative estimate of drug-likeness (QED) is 0.744. The fourth-order valence-electron chi connectivity index (χ4n) is 1.56. The number of carbonyl (C=O) groups excluding carboxylic acids is 1. The minimum Gasteiger partial charge on any atom is -0.475 e. The van der Waals surface area contributed by atoms with Crippen LogP contribution in [0.15, 0.2) is 0 Å². The van der Waals surface area contributed by atoms with E-state index in [1.807, 2.05) is 0 Å². The van der Waals surface area contributed by atoms with Crippen molar-refractivity contribution in [2.24, 2.45) is 0 Å². The number of rotatable bonds is 1. The Morgan fingerprint density at radius 2 is 1.50 bits per heavy atom. The molecule has 0 bridgehead atoms. The molecule has 0 unspecified atom stereocenters. The first-order valence-corrected chi connectivity index (χ1v) is 6.05. The summed E-state index contributed by atoms with van der Waals surface area (Å²) >= 11 is 0. The molecule has 0 radical (unpaired) electrons. The second-order valence-electron chi connectivity index (χ2n) is 5.05. The van der Waals surface area contributed by atoms with Gasteiger partial charge in [-0.3, -0.25) is 0 Å². The van der Waals surface area contributed by atoms with E-state index in [9.17, 15) is 31.1 Å². The Hall–Kier alpha value is -1.52. The van der Waals surface area contributed by atoms with E-state index >= 15 is 0 Å². The molecule has 0 aromatic rings. The SMILES string of the molecule is CC1(C)CCCCN1OC(=O)C(F)(F)F.O=C(O)C(F)(F)F. The van der Waals surface area contributed by atoms with Gasteiger partial charge in [-0.2, -0.15) is 26.3 Å². The van der Waals surface area contributed by atoms with Gasteiger partial charge in [0.2, 0.25) is 0 Å². The molecule has 11 heteroatoms. The molecule has 5 nitrogen and oxygen atoms in total. The second-order valence-corrected chi connectivity index (χ2v) is 5.05. The average molecular weight is 339 g/mol. The maximum absolute atomic E-state index is 12.0. The van der Waals surface area contributed by atoms with Crippen LogP contribution in [-0.4, -0.2) is 46.5 Å². The Labute approximate surface area is 121 Å². The number of hydrogen-bond acceptors (Lipinski definition) is 4. The number of aliphatic carboxylic acids is 1. The van der Waals surface area contributed by atoms with Crippen LogP contribution in [-0.2, 0) is 14.4 Å². The molecule has 0 atom stereocenters. The summed E-state index contributed by atoms with van der Waals surface area (Å²) in [4.78, 5) is 23.9. The van der Waals surface area contributed by atoms with Crippen LogP contribution in [0.5, 0.6) is 0 Å². The second kappa shape index (κ2) is 7.16. The van der Waals surface area contributed by atoms with Crippen LogP contribution < -0.4 is 0 Å². The minimum atomic E-state index is -5.08. The van der Waals surface area contributed by atoms with Gasteiger partial charge in [-0.05, 0) is 26.7 Å². The Morgan fingerprint density at radius 3 is 1.82 bits per heavy atom. The van der Waals surface area contributed by atoms with E-state index in [2.05, 4.69) is 4.84 Å². The molecule has 130 valence electrons. The molecule has 22 heavy (non-hydrogen) atoms. The lowest BCUT2D eigenvalue weighted by atomic mass is 9.93. The van der Waals surface area contributed by atoms with Crippen LogP contribution in [0, 0.1) is 0 Å². The minimum absolute atomic E-state index is 0.356. The number of halogens is 6. The number of hydrogen-bond donors (Lipinski definition) is 1. The average Bonchev–Trinajstić information content (AvgIpc) is 2.30. The van der Waals surface area contributed by atoms with Gasteiger partial charge in [0.05, 0.1) is 5.54 Å². The number of carbonyl (C=O) groups is 2. The van der Waals surface area contributed by atoms with Gasteiger partial charge in [-0.25, -0.2) is 9.59 Å². The lowest BCUT2D eigenvalue weighted by molar-refractivity contribution is -0.261. The molecular formula is C11H15F6NO4. The first kappa shape index (κ1) is 20.5. The predicted octanol–water partition coefficient (Wildman–Crippen LogP) is 2.90. The van der Waals surface area contributed by atoms with Gasteiger partial charge < -0.3 is 9.94 Å². The lowest BCUT2D eigenvalue weighted by Crippen LogP contribution is -2.49. The van der Waals surface area contributed by atoms with E-state index in [-0.39, 0.29) is 0 Å². The zero-order valence-corrected chi connectivity index (χ0v) is 11.7. The van der Waals surface area contributed by atoms with Crippen molar-refractivity contribution in [3.8, 4) is 0 Å². The lowest BCUT2D eigenvalue weighted by Gasteiger charge is -2.40. The molecule has 1 saturated heterocycles. The summed E-state index contributed by atoms with van der Waals surface area (Å²) in [6, 6.07) is 0. The Morgan fingerprint density at radius 1 is 1.05 bits per heavy atom. The summed E-state index contributed by atoms with van der Waals surface area (Å²) in [5.74, 6) is -4.90. The van der Waals surface area contributed by atoms with Crippen molar-refractivity contribution in [3.05, 3.63) is 0 Å². The van der Waals surface area contributed by atoms with Gasteiger partial charge in [0.15, 0.2) is 0 Å². The van der Waals surface area contributed by atoms with Gasteiger partial charge in [-0.1, -0.05) is 6.42 Å². The van der Waals surface area contributed by atoms with Crippen molar-refractivity contribution in [3.63, 3.8) is 0 Å². The van der Waals surface area contributed by atoms with Gasteiger partial charge in [-0.15, -0.1) is 5.06 Å². The van der Waals surface area contributed by atoms with Crippen molar-refractivity contribution in [2.75, 3.05) is 6.54 Å². The summed E-state index contributed by atoms with van der Waals surface area (Å²) in [5, 5.41) is 8.26. The summed E-state index contributed by atoms with van der Waals surface area (Å²) < 4.78 is 67.6. The van der Waals surface area contributed by atoms with Crippen LogP contribution in [0.3, 0.4) is 0 Å².